The van der Waals surface area contributed by atoms with Crippen LogP contribution in [0.1, 0.15) is 34.0 Å². The van der Waals surface area contributed by atoms with E-state index in [4.69, 9.17) is 0 Å². The van der Waals surface area contributed by atoms with Gasteiger partial charge in [-0.15, -0.1) is 0 Å². The maximum Gasteiger partial charge on any atom is 0.255 e. The molecule has 3 aromatic carbocycles. The average molecular weight is 441 g/mol. The summed E-state index contributed by atoms with van der Waals surface area (Å²) >= 11 is 0. The maximum atomic E-state index is 14.2. The Hall–Kier alpha value is -3.19. The number of amides is 1. The van der Waals surface area contributed by atoms with Crippen LogP contribution in [0.25, 0.3) is 0 Å². The van der Waals surface area contributed by atoms with Crippen LogP contribution in [0, 0.1) is 12.7 Å². The van der Waals surface area contributed by atoms with E-state index in [0.717, 1.165) is 33.8 Å². The monoisotopic (exact) mass is 440 g/mol. The highest BCUT2D eigenvalue weighted by atomic mass is 32.2. The molecule has 0 aromatic heterocycles. The van der Waals surface area contributed by atoms with Gasteiger partial charge in [0.25, 0.3) is 5.91 Å². The Balaban J connectivity index is 1.81. The molecular formula is C24H25FN2O3S. The zero-order chi connectivity index (χ0) is 22.6. The van der Waals surface area contributed by atoms with Crippen LogP contribution in [0.3, 0.4) is 0 Å². The van der Waals surface area contributed by atoms with Gasteiger partial charge < -0.3 is 5.32 Å². The molecule has 0 bridgehead atoms. The van der Waals surface area contributed by atoms with Crippen molar-refractivity contribution < 1.29 is 17.6 Å². The van der Waals surface area contributed by atoms with Crippen molar-refractivity contribution in [3.05, 3.63) is 94.8 Å². The van der Waals surface area contributed by atoms with Gasteiger partial charge in [-0.3, -0.25) is 9.10 Å². The maximum absolute atomic E-state index is 14.2. The lowest BCUT2D eigenvalue weighted by Crippen LogP contribution is -2.30. The van der Waals surface area contributed by atoms with Gasteiger partial charge >= 0.3 is 0 Å². The normalized spacial score (nSPS) is 11.2. The number of anilines is 2. The third kappa shape index (κ3) is 5.30. The van der Waals surface area contributed by atoms with E-state index in [0.29, 0.717) is 11.1 Å². The number of aryl methyl sites for hydroxylation is 2. The Morgan fingerprint density at radius 1 is 1.00 bits per heavy atom. The number of hydrogen-bond donors (Lipinski definition) is 1. The lowest BCUT2D eigenvalue weighted by atomic mass is 10.0. The van der Waals surface area contributed by atoms with Crippen LogP contribution in [0.5, 0.6) is 0 Å². The molecule has 0 atom stereocenters. The van der Waals surface area contributed by atoms with Crippen LogP contribution in [0.15, 0.2) is 66.7 Å². The fourth-order valence-electron chi connectivity index (χ4n) is 3.35. The fraction of sp³-hybridized carbons (Fsp3) is 0.208. The molecule has 0 aliphatic heterocycles. The first-order valence-corrected chi connectivity index (χ1v) is 11.8. The number of nitrogens with zero attached hydrogens (tertiary/aromatic N) is 1. The quantitative estimate of drug-likeness (QED) is 0.567. The summed E-state index contributed by atoms with van der Waals surface area (Å²) in [6.07, 6.45) is 1.84. The van der Waals surface area contributed by atoms with Gasteiger partial charge in [0.15, 0.2) is 0 Å². The third-order valence-corrected chi connectivity index (χ3v) is 6.17. The van der Waals surface area contributed by atoms with Gasteiger partial charge in [0.05, 0.1) is 18.5 Å². The number of sulfonamides is 1. The Labute approximate surface area is 182 Å². The first-order chi connectivity index (χ1) is 14.7. The van der Waals surface area contributed by atoms with Gasteiger partial charge in [-0.1, -0.05) is 49.4 Å². The molecule has 1 N–H and O–H groups in total. The number of benzene rings is 3. The average Bonchev–Trinajstić information content (AvgIpc) is 2.73. The fourth-order valence-corrected chi connectivity index (χ4v) is 4.24. The number of para-hydroxylation sites is 2. The van der Waals surface area contributed by atoms with E-state index >= 15 is 0 Å². The summed E-state index contributed by atoms with van der Waals surface area (Å²) in [6.45, 7) is 3.93. The van der Waals surface area contributed by atoms with Crippen LogP contribution in [0.4, 0.5) is 15.8 Å². The number of halogens is 1. The second kappa shape index (κ2) is 9.31. The van der Waals surface area contributed by atoms with Gasteiger partial charge in [0.2, 0.25) is 10.0 Å². The van der Waals surface area contributed by atoms with Crippen molar-refractivity contribution in [2.75, 3.05) is 15.9 Å². The Morgan fingerprint density at radius 3 is 2.29 bits per heavy atom. The summed E-state index contributed by atoms with van der Waals surface area (Å²) in [5, 5.41) is 2.97. The second-order valence-corrected chi connectivity index (χ2v) is 9.24. The van der Waals surface area contributed by atoms with E-state index in [1.807, 2.05) is 32.0 Å². The highest BCUT2D eigenvalue weighted by Gasteiger charge is 2.21. The lowest BCUT2D eigenvalue weighted by molar-refractivity contribution is 0.102. The molecule has 0 aliphatic rings. The van der Waals surface area contributed by atoms with Crippen molar-refractivity contribution in [2.24, 2.45) is 0 Å². The first kappa shape index (κ1) is 22.5. The van der Waals surface area contributed by atoms with E-state index in [9.17, 15) is 17.6 Å². The minimum atomic E-state index is -3.70. The van der Waals surface area contributed by atoms with Crippen molar-refractivity contribution in [1.29, 1.82) is 0 Å². The van der Waals surface area contributed by atoms with Gasteiger partial charge in [-0.05, 0) is 54.3 Å². The van der Waals surface area contributed by atoms with Gasteiger partial charge in [-0.25, -0.2) is 12.8 Å². The van der Waals surface area contributed by atoms with Gasteiger partial charge in [0, 0.05) is 11.3 Å². The van der Waals surface area contributed by atoms with Crippen molar-refractivity contribution in [1.82, 2.24) is 0 Å². The molecule has 162 valence electrons. The van der Waals surface area contributed by atoms with Crippen molar-refractivity contribution in [3.8, 4) is 0 Å². The molecule has 0 spiro atoms. The Morgan fingerprint density at radius 2 is 1.68 bits per heavy atom. The minimum absolute atomic E-state index is 0.0153. The van der Waals surface area contributed by atoms with Crippen LogP contribution in [0.2, 0.25) is 0 Å². The molecular weight excluding hydrogens is 415 g/mol. The zero-order valence-electron chi connectivity index (χ0n) is 17.7. The summed E-state index contributed by atoms with van der Waals surface area (Å²) in [7, 11) is -3.70. The Kier molecular flexibility index (Phi) is 6.75. The molecule has 1 amide bonds. The number of carbonyl (C=O) groups is 1. The highest BCUT2D eigenvalue weighted by molar-refractivity contribution is 7.92. The zero-order valence-corrected chi connectivity index (χ0v) is 18.5. The summed E-state index contributed by atoms with van der Waals surface area (Å²) in [6, 6.07) is 18.2. The van der Waals surface area contributed by atoms with Gasteiger partial charge in [-0.2, -0.15) is 0 Å². The second-order valence-electron chi connectivity index (χ2n) is 7.33. The minimum Gasteiger partial charge on any atom is -0.321 e. The highest BCUT2D eigenvalue weighted by Crippen LogP contribution is 2.25. The molecule has 31 heavy (non-hydrogen) atoms. The van der Waals surface area contributed by atoms with Crippen LogP contribution < -0.4 is 9.62 Å². The summed E-state index contributed by atoms with van der Waals surface area (Å²) in [5.41, 5.74) is 3.92. The van der Waals surface area contributed by atoms with E-state index in [-0.39, 0.29) is 18.1 Å². The SMILES string of the molecule is CCc1cccc(C)c1NC(=O)c1ccc(CN(c2ccccc2F)S(C)(=O)=O)cc1. The van der Waals surface area contributed by atoms with Crippen LogP contribution in [-0.2, 0) is 23.0 Å². The lowest BCUT2D eigenvalue weighted by Gasteiger charge is -2.23. The number of nitrogens with one attached hydrogen (secondary N) is 1. The molecule has 0 saturated heterocycles. The molecule has 0 radical (unpaired) electrons. The van der Waals surface area contributed by atoms with Crippen molar-refractivity contribution >= 4 is 27.3 Å². The van der Waals surface area contributed by atoms with Crippen LogP contribution in [-0.4, -0.2) is 20.6 Å². The molecule has 0 saturated carbocycles. The van der Waals surface area contributed by atoms with Crippen LogP contribution >= 0.6 is 0 Å². The topological polar surface area (TPSA) is 66.5 Å². The standard InChI is InChI=1S/C24H25FN2O3S/c1-4-19-9-7-8-17(2)23(19)26-24(28)20-14-12-18(13-15-20)16-27(31(3,29)30)22-11-6-5-10-21(22)25/h5-15H,4,16H2,1-3H3,(H,26,28). The van der Waals surface area contributed by atoms with E-state index in [1.165, 1.54) is 18.2 Å². The van der Waals surface area contributed by atoms with E-state index < -0.39 is 15.8 Å². The Bertz CT molecular complexity index is 1190. The molecule has 5 nitrogen and oxygen atoms in total. The molecule has 0 heterocycles. The number of hydrogen-bond acceptors (Lipinski definition) is 3. The van der Waals surface area contributed by atoms with Crippen molar-refractivity contribution in [2.45, 2.75) is 26.8 Å². The number of carbonyl (C=O) groups excluding carboxylic acids is 1. The summed E-state index contributed by atoms with van der Waals surface area (Å²) in [5.74, 6) is -0.862. The molecule has 0 fully saturated rings. The van der Waals surface area contributed by atoms with Crippen molar-refractivity contribution in [3.63, 3.8) is 0 Å². The molecule has 0 unspecified atom stereocenters. The molecule has 7 heteroatoms. The predicted molar refractivity (Wildman–Crippen MR) is 122 cm³/mol. The van der Waals surface area contributed by atoms with Gasteiger partial charge in [0.1, 0.15) is 5.82 Å². The van der Waals surface area contributed by atoms with E-state index in [1.54, 1.807) is 30.3 Å². The summed E-state index contributed by atoms with van der Waals surface area (Å²) < 4.78 is 39.7. The largest absolute Gasteiger partial charge is 0.321 e. The smallest absolute Gasteiger partial charge is 0.255 e. The predicted octanol–water partition coefficient (Wildman–Crippen LogP) is 4.92. The van der Waals surface area contributed by atoms with E-state index in [2.05, 4.69) is 5.32 Å². The summed E-state index contributed by atoms with van der Waals surface area (Å²) in [4.78, 5) is 12.7. The third-order valence-electron chi connectivity index (χ3n) is 5.04. The molecule has 3 rings (SSSR count). The molecule has 3 aromatic rings. The number of rotatable bonds is 7. The molecule has 0 aliphatic carbocycles. The first-order valence-electron chi connectivity index (χ1n) is 9.91.